The predicted octanol–water partition coefficient (Wildman–Crippen LogP) is 2.85. The first-order chi connectivity index (χ1) is 9.84. The zero-order chi connectivity index (χ0) is 13.3. The van der Waals surface area contributed by atoms with Crippen molar-refractivity contribution in [3.8, 4) is 0 Å². The van der Waals surface area contributed by atoms with Crippen LogP contribution in [0, 0.1) is 5.92 Å². The molecular weight excluding hydrogens is 248 g/mol. The minimum Gasteiger partial charge on any atom is -0.373 e. The Bertz CT molecular complexity index is 690. The number of hydrogen-bond donors (Lipinski definition) is 1. The van der Waals surface area contributed by atoms with E-state index in [9.17, 15) is 5.11 Å². The van der Waals surface area contributed by atoms with Gasteiger partial charge in [0.25, 0.3) is 0 Å². The van der Waals surface area contributed by atoms with Crippen LogP contribution in [0.4, 0.5) is 0 Å². The van der Waals surface area contributed by atoms with Crippen molar-refractivity contribution < 1.29 is 5.11 Å². The van der Waals surface area contributed by atoms with Crippen LogP contribution < -0.4 is 0 Å². The molecule has 104 valence electrons. The fourth-order valence-corrected chi connectivity index (χ4v) is 4.93. The molecule has 0 aliphatic carbocycles. The van der Waals surface area contributed by atoms with Gasteiger partial charge in [-0.2, -0.15) is 0 Å². The fourth-order valence-electron chi connectivity index (χ4n) is 4.93. The average Bonchev–Trinajstić information content (AvgIpc) is 2.82. The van der Waals surface area contributed by atoms with Gasteiger partial charge < -0.3 is 9.67 Å². The van der Waals surface area contributed by atoms with Crippen molar-refractivity contribution in [2.45, 2.75) is 38.0 Å². The lowest BCUT2D eigenvalue weighted by molar-refractivity contribution is -0.0148. The van der Waals surface area contributed by atoms with Gasteiger partial charge >= 0.3 is 0 Å². The van der Waals surface area contributed by atoms with Gasteiger partial charge in [0.1, 0.15) is 6.23 Å². The van der Waals surface area contributed by atoms with E-state index in [1.54, 1.807) is 0 Å². The van der Waals surface area contributed by atoms with E-state index < -0.39 is 0 Å². The molecule has 3 aliphatic heterocycles. The van der Waals surface area contributed by atoms with Crippen molar-refractivity contribution in [1.82, 2.24) is 9.47 Å². The Hall–Kier alpha value is -1.32. The van der Waals surface area contributed by atoms with Crippen molar-refractivity contribution >= 4 is 10.9 Å². The summed E-state index contributed by atoms with van der Waals surface area (Å²) >= 11 is 0. The molecule has 1 fully saturated rings. The zero-order valence-electron chi connectivity index (χ0n) is 11.6. The van der Waals surface area contributed by atoms with Crippen LogP contribution in [0.5, 0.6) is 0 Å². The molecule has 0 saturated carbocycles. The summed E-state index contributed by atoms with van der Waals surface area (Å²) in [6.45, 7) is 2.43. The maximum Gasteiger partial charge on any atom is 0.131 e. The maximum absolute atomic E-state index is 10.7. The number of aliphatic hydroxyl groups is 1. The summed E-state index contributed by atoms with van der Waals surface area (Å²) in [6, 6.07) is 9.18. The van der Waals surface area contributed by atoms with Gasteiger partial charge in [0.05, 0.1) is 11.6 Å². The summed E-state index contributed by atoms with van der Waals surface area (Å²) < 4.78 is 2.24. The van der Waals surface area contributed by atoms with Gasteiger partial charge in [-0.1, -0.05) is 18.2 Å². The minimum atomic E-state index is -0.331. The number of benzene rings is 1. The largest absolute Gasteiger partial charge is 0.373 e. The number of hydrogen-bond acceptors (Lipinski definition) is 2. The molecule has 5 rings (SSSR count). The molecule has 0 unspecified atom stereocenters. The van der Waals surface area contributed by atoms with Crippen LogP contribution >= 0.6 is 0 Å². The second-order valence-corrected chi connectivity index (χ2v) is 6.60. The van der Waals surface area contributed by atoms with Gasteiger partial charge in [0.15, 0.2) is 0 Å². The Kier molecular flexibility index (Phi) is 2.19. The van der Waals surface area contributed by atoms with Crippen molar-refractivity contribution in [2.75, 3.05) is 13.1 Å². The fraction of sp³-hybridized carbons (Fsp3) is 0.529. The van der Waals surface area contributed by atoms with Gasteiger partial charge in [-0.25, -0.2) is 0 Å². The molecule has 1 aromatic carbocycles. The van der Waals surface area contributed by atoms with Gasteiger partial charge in [-0.15, -0.1) is 0 Å². The lowest BCUT2D eigenvalue weighted by Crippen LogP contribution is -2.47. The molecule has 3 nitrogen and oxygen atoms in total. The standard InChI is InChI=1S/C17H20N2O/c20-15-10-11-4-3-8-18-9-7-13-12-5-1-2-6-14(12)19(15)17(13)16(11)18/h1-2,5-6,11,15-16,20H,3-4,7-10H2/t11-,15-,16+/m1/s1. The Morgan fingerprint density at radius 2 is 2.05 bits per heavy atom. The number of piperidine rings is 1. The van der Waals surface area contributed by atoms with E-state index in [1.165, 1.54) is 48.1 Å². The third kappa shape index (κ3) is 1.28. The predicted molar refractivity (Wildman–Crippen MR) is 78.6 cm³/mol. The molecule has 0 spiro atoms. The summed E-state index contributed by atoms with van der Waals surface area (Å²) in [5.74, 6) is 0.648. The first kappa shape index (κ1) is 11.4. The summed E-state index contributed by atoms with van der Waals surface area (Å²) in [7, 11) is 0. The first-order valence-electron chi connectivity index (χ1n) is 7.88. The second kappa shape index (κ2) is 3.86. The number of para-hydroxylation sites is 1. The zero-order valence-corrected chi connectivity index (χ0v) is 11.6. The molecule has 4 heterocycles. The minimum absolute atomic E-state index is 0.331. The van der Waals surface area contributed by atoms with Crippen LogP contribution in [0.1, 0.15) is 42.8 Å². The molecule has 0 radical (unpaired) electrons. The van der Waals surface area contributed by atoms with E-state index in [4.69, 9.17) is 0 Å². The Morgan fingerprint density at radius 1 is 1.15 bits per heavy atom. The highest BCUT2D eigenvalue weighted by Crippen LogP contribution is 2.50. The molecule has 3 heteroatoms. The molecule has 20 heavy (non-hydrogen) atoms. The van der Waals surface area contributed by atoms with E-state index in [2.05, 4.69) is 33.7 Å². The van der Waals surface area contributed by atoms with Gasteiger partial charge in [0.2, 0.25) is 0 Å². The van der Waals surface area contributed by atoms with Crippen LogP contribution in [0.2, 0.25) is 0 Å². The highest BCUT2D eigenvalue weighted by molar-refractivity contribution is 5.86. The van der Waals surface area contributed by atoms with Gasteiger partial charge in [-0.3, -0.25) is 4.90 Å². The van der Waals surface area contributed by atoms with E-state index >= 15 is 0 Å². The molecule has 0 bridgehead atoms. The molecule has 0 amide bonds. The van der Waals surface area contributed by atoms with Crippen LogP contribution in [0.15, 0.2) is 24.3 Å². The number of aliphatic hydroxyl groups excluding tert-OH is 1. The SMILES string of the molecule is O[C@@H]1C[C@H]2CCCN3CCc4c(n1c1ccccc41)[C@H]23. The van der Waals surface area contributed by atoms with Crippen molar-refractivity contribution in [1.29, 1.82) is 0 Å². The molecule has 3 atom stereocenters. The van der Waals surface area contributed by atoms with Crippen molar-refractivity contribution in [3.05, 3.63) is 35.5 Å². The van der Waals surface area contributed by atoms with Crippen molar-refractivity contribution in [3.63, 3.8) is 0 Å². The quantitative estimate of drug-likeness (QED) is 0.796. The van der Waals surface area contributed by atoms with E-state index in [-0.39, 0.29) is 6.23 Å². The van der Waals surface area contributed by atoms with Gasteiger partial charge in [0, 0.05) is 17.6 Å². The molecule has 3 aliphatic rings. The molecule has 1 N–H and O–H groups in total. The number of nitrogens with zero attached hydrogens (tertiary/aromatic N) is 2. The average molecular weight is 268 g/mol. The summed E-state index contributed by atoms with van der Waals surface area (Å²) in [5.41, 5.74) is 4.17. The van der Waals surface area contributed by atoms with E-state index in [0.717, 1.165) is 12.8 Å². The molecule has 1 saturated heterocycles. The van der Waals surface area contributed by atoms with Crippen LogP contribution in [-0.2, 0) is 6.42 Å². The summed E-state index contributed by atoms with van der Waals surface area (Å²) in [5, 5.41) is 12.0. The van der Waals surface area contributed by atoms with E-state index in [0.29, 0.717) is 12.0 Å². The normalized spacial score (nSPS) is 32.4. The highest BCUT2D eigenvalue weighted by atomic mass is 16.3. The van der Waals surface area contributed by atoms with Crippen molar-refractivity contribution in [2.24, 2.45) is 5.92 Å². The first-order valence-corrected chi connectivity index (χ1v) is 7.88. The highest BCUT2D eigenvalue weighted by Gasteiger charge is 2.44. The Labute approximate surface area is 118 Å². The third-order valence-electron chi connectivity index (χ3n) is 5.66. The number of aromatic nitrogens is 1. The Balaban J connectivity index is 1.85. The maximum atomic E-state index is 10.7. The van der Waals surface area contributed by atoms with E-state index in [1.807, 2.05) is 0 Å². The van der Waals surface area contributed by atoms with Gasteiger partial charge in [-0.05, 0) is 49.8 Å². The molecule has 2 aromatic rings. The number of rotatable bonds is 0. The lowest BCUT2D eigenvalue weighted by atomic mass is 9.78. The van der Waals surface area contributed by atoms with Crippen LogP contribution in [0.25, 0.3) is 10.9 Å². The smallest absolute Gasteiger partial charge is 0.131 e. The lowest BCUT2D eigenvalue weighted by Gasteiger charge is -2.48. The van der Waals surface area contributed by atoms with Crippen LogP contribution in [-0.4, -0.2) is 27.7 Å². The second-order valence-electron chi connectivity index (χ2n) is 6.60. The number of fused-ring (bicyclic) bond motifs is 3. The molecule has 1 aromatic heterocycles. The topological polar surface area (TPSA) is 28.4 Å². The monoisotopic (exact) mass is 268 g/mol. The third-order valence-corrected chi connectivity index (χ3v) is 5.66. The summed E-state index contributed by atoms with van der Waals surface area (Å²) in [6.07, 6.45) is 4.30. The molecular formula is C17H20N2O. The van der Waals surface area contributed by atoms with Crippen LogP contribution in [0.3, 0.4) is 0 Å². The summed E-state index contributed by atoms with van der Waals surface area (Å²) in [4.78, 5) is 2.66. The Morgan fingerprint density at radius 3 is 3.00 bits per heavy atom.